The monoisotopic (exact) mass is 419 g/mol. The highest BCUT2D eigenvalue weighted by molar-refractivity contribution is 14.1. The van der Waals surface area contributed by atoms with Gasteiger partial charge in [0.1, 0.15) is 3.70 Å². The molecule has 1 rings (SSSR count). The lowest BCUT2D eigenvalue weighted by atomic mass is 10.1. The number of nitrogens with zero attached hydrogens (tertiary/aromatic N) is 1. The zero-order valence-corrected chi connectivity index (χ0v) is 12.6. The summed E-state index contributed by atoms with van der Waals surface area (Å²) in [6.45, 7) is 0. The van der Waals surface area contributed by atoms with Gasteiger partial charge in [0.15, 0.2) is 0 Å². The van der Waals surface area contributed by atoms with Gasteiger partial charge in [0.2, 0.25) is 0 Å². The molecule has 1 aromatic rings. The van der Waals surface area contributed by atoms with E-state index in [0.717, 1.165) is 0 Å². The molecule has 0 saturated carbocycles. The third kappa shape index (κ3) is 3.84. The molecule has 0 spiro atoms. The molecule has 0 aliphatic carbocycles. The SMILES string of the molecule is COC(=O)Cc1nc(I)c(CBr)cc1C(F)F. The Hall–Kier alpha value is -0.310. The van der Waals surface area contributed by atoms with Crippen LogP contribution < -0.4 is 0 Å². The van der Waals surface area contributed by atoms with Crippen LogP contribution in [0.3, 0.4) is 0 Å². The zero-order chi connectivity index (χ0) is 13.0. The van der Waals surface area contributed by atoms with E-state index in [0.29, 0.717) is 14.6 Å². The second kappa shape index (κ2) is 6.58. The molecule has 0 aromatic carbocycles. The van der Waals surface area contributed by atoms with Gasteiger partial charge in [0.25, 0.3) is 6.43 Å². The summed E-state index contributed by atoms with van der Waals surface area (Å²) in [7, 11) is 1.21. The maximum absolute atomic E-state index is 12.8. The fourth-order valence-corrected chi connectivity index (χ4v) is 2.81. The van der Waals surface area contributed by atoms with Crippen LogP contribution in [0.1, 0.15) is 23.2 Å². The number of alkyl halides is 3. The zero-order valence-electron chi connectivity index (χ0n) is 8.84. The molecule has 0 bridgehead atoms. The fraction of sp³-hybridized carbons (Fsp3) is 0.400. The molecule has 1 heterocycles. The minimum atomic E-state index is -2.66. The Morgan fingerprint density at radius 3 is 2.76 bits per heavy atom. The number of aromatic nitrogens is 1. The number of pyridine rings is 1. The number of ether oxygens (including phenoxy) is 1. The number of halogens is 4. The van der Waals surface area contributed by atoms with Crippen molar-refractivity contribution in [3.8, 4) is 0 Å². The molecule has 0 N–H and O–H groups in total. The van der Waals surface area contributed by atoms with Gasteiger partial charge < -0.3 is 4.74 Å². The molecule has 0 aliphatic heterocycles. The van der Waals surface area contributed by atoms with Crippen LogP contribution >= 0.6 is 38.5 Å². The van der Waals surface area contributed by atoms with Crippen LogP contribution in [0.5, 0.6) is 0 Å². The Morgan fingerprint density at radius 2 is 2.29 bits per heavy atom. The summed E-state index contributed by atoms with van der Waals surface area (Å²) in [6.07, 6.45) is -2.90. The maximum atomic E-state index is 12.8. The van der Waals surface area contributed by atoms with E-state index in [2.05, 4.69) is 25.7 Å². The van der Waals surface area contributed by atoms with Gasteiger partial charge >= 0.3 is 5.97 Å². The highest BCUT2D eigenvalue weighted by Gasteiger charge is 2.19. The summed E-state index contributed by atoms with van der Waals surface area (Å²) in [5.41, 5.74) is 0.528. The lowest BCUT2D eigenvalue weighted by Gasteiger charge is -2.10. The molecule has 0 radical (unpaired) electrons. The van der Waals surface area contributed by atoms with Crippen LogP contribution in [0.25, 0.3) is 0 Å². The average Bonchev–Trinajstić information content (AvgIpc) is 2.28. The summed E-state index contributed by atoms with van der Waals surface area (Å²) < 4.78 is 30.7. The molecule has 0 saturated heterocycles. The first kappa shape index (κ1) is 14.7. The van der Waals surface area contributed by atoms with E-state index < -0.39 is 12.4 Å². The lowest BCUT2D eigenvalue weighted by Crippen LogP contribution is -2.11. The van der Waals surface area contributed by atoms with Crippen LogP contribution in [0.2, 0.25) is 0 Å². The molecular weight excluding hydrogens is 411 g/mol. The van der Waals surface area contributed by atoms with Crippen LogP contribution in [0.15, 0.2) is 6.07 Å². The largest absolute Gasteiger partial charge is 0.469 e. The molecule has 0 atom stereocenters. The molecule has 0 unspecified atom stereocenters. The van der Waals surface area contributed by atoms with Gasteiger partial charge in [-0.2, -0.15) is 0 Å². The van der Waals surface area contributed by atoms with Crippen LogP contribution in [0, 0.1) is 3.70 Å². The average molecular weight is 420 g/mol. The summed E-state index contributed by atoms with van der Waals surface area (Å²) in [4.78, 5) is 15.1. The normalized spacial score (nSPS) is 10.7. The first-order chi connectivity index (χ1) is 7.99. The van der Waals surface area contributed by atoms with Gasteiger partial charge in [0, 0.05) is 10.9 Å². The van der Waals surface area contributed by atoms with Crippen LogP contribution in [-0.2, 0) is 21.3 Å². The number of carbonyl (C=O) groups excluding carboxylic acids is 1. The molecule has 94 valence electrons. The highest BCUT2D eigenvalue weighted by atomic mass is 127. The van der Waals surface area contributed by atoms with Gasteiger partial charge in [0.05, 0.1) is 19.2 Å². The van der Waals surface area contributed by atoms with Crippen molar-refractivity contribution in [1.29, 1.82) is 0 Å². The van der Waals surface area contributed by atoms with Gasteiger partial charge in [-0.05, 0) is 34.2 Å². The molecule has 3 nitrogen and oxygen atoms in total. The molecule has 0 amide bonds. The first-order valence-electron chi connectivity index (χ1n) is 4.58. The second-order valence-electron chi connectivity index (χ2n) is 3.16. The molecule has 1 aromatic heterocycles. The molecule has 7 heteroatoms. The Balaban J connectivity index is 3.18. The first-order valence-corrected chi connectivity index (χ1v) is 6.78. The number of methoxy groups -OCH3 is 1. The van der Waals surface area contributed by atoms with E-state index in [1.54, 1.807) is 0 Å². The Labute approximate surface area is 119 Å². The predicted molar refractivity (Wildman–Crippen MR) is 70.3 cm³/mol. The second-order valence-corrected chi connectivity index (χ2v) is 4.74. The van der Waals surface area contributed by atoms with Crippen molar-refractivity contribution in [1.82, 2.24) is 4.98 Å². The topological polar surface area (TPSA) is 39.2 Å². The number of hydrogen-bond acceptors (Lipinski definition) is 3. The lowest BCUT2D eigenvalue weighted by molar-refractivity contribution is -0.139. The standard InChI is InChI=1S/C10H9BrF2INO2/c1-17-8(16)3-7-6(9(12)13)2-5(4-11)10(14)15-7/h2,9H,3-4H2,1H3. The summed E-state index contributed by atoms with van der Waals surface area (Å²) in [5.74, 6) is -0.582. The van der Waals surface area contributed by atoms with Gasteiger partial charge in [-0.25, -0.2) is 13.8 Å². The van der Waals surface area contributed by atoms with E-state index in [1.807, 2.05) is 22.6 Å². The molecule has 0 aliphatic rings. The molecular formula is C10H9BrF2INO2. The van der Waals surface area contributed by atoms with Gasteiger partial charge in [-0.15, -0.1) is 0 Å². The van der Waals surface area contributed by atoms with E-state index in [9.17, 15) is 13.6 Å². The summed E-state index contributed by atoms with van der Waals surface area (Å²) in [6, 6.07) is 1.37. The van der Waals surface area contributed by atoms with Gasteiger partial charge in [-0.1, -0.05) is 15.9 Å². The molecule has 0 fully saturated rings. The minimum Gasteiger partial charge on any atom is -0.469 e. The smallest absolute Gasteiger partial charge is 0.311 e. The number of esters is 1. The van der Waals surface area contributed by atoms with Crippen molar-refractivity contribution < 1.29 is 18.3 Å². The maximum Gasteiger partial charge on any atom is 0.311 e. The minimum absolute atomic E-state index is 0.0703. The van der Waals surface area contributed by atoms with Crippen molar-refractivity contribution in [2.45, 2.75) is 18.2 Å². The third-order valence-corrected chi connectivity index (χ3v) is 3.62. The van der Waals surface area contributed by atoms with Crippen molar-refractivity contribution in [3.63, 3.8) is 0 Å². The van der Waals surface area contributed by atoms with Crippen molar-refractivity contribution in [3.05, 3.63) is 26.6 Å². The van der Waals surface area contributed by atoms with E-state index in [-0.39, 0.29) is 17.7 Å². The molecule has 17 heavy (non-hydrogen) atoms. The van der Waals surface area contributed by atoms with Crippen LogP contribution in [-0.4, -0.2) is 18.1 Å². The number of rotatable bonds is 4. The summed E-state index contributed by atoms with van der Waals surface area (Å²) >= 11 is 5.15. The van der Waals surface area contributed by atoms with E-state index in [1.165, 1.54) is 13.2 Å². The highest BCUT2D eigenvalue weighted by Crippen LogP contribution is 2.26. The van der Waals surface area contributed by atoms with E-state index >= 15 is 0 Å². The quantitative estimate of drug-likeness (QED) is 0.325. The Morgan fingerprint density at radius 1 is 1.65 bits per heavy atom. The van der Waals surface area contributed by atoms with Crippen molar-refractivity contribution >= 4 is 44.5 Å². The van der Waals surface area contributed by atoms with Crippen LogP contribution in [0.4, 0.5) is 8.78 Å². The summed E-state index contributed by atoms with van der Waals surface area (Å²) in [5, 5.41) is 0.441. The van der Waals surface area contributed by atoms with Crippen molar-refractivity contribution in [2.24, 2.45) is 0 Å². The van der Waals surface area contributed by atoms with Gasteiger partial charge in [-0.3, -0.25) is 4.79 Å². The fourth-order valence-electron chi connectivity index (χ4n) is 1.22. The van der Waals surface area contributed by atoms with E-state index in [4.69, 9.17) is 0 Å². The number of carbonyl (C=O) groups is 1. The number of hydrogen-bond donors (Lipinski definition) is 0. The third-order valence-electron chi connectivity index (χ3n) is 2.08. The Bertz CT molecular complexity index is 429. The Kier molecular flexibility index (Phi) is 5.71. The van der Waals surface area contributed by atoms with Crippen molar-refractivity contribution in [2.75, 3.05) is 7.11 Å². The predicted octanol–water partition coefficient (Wildman–Crippen LogP) is 3.23.